The second-order valence-corrected chi connectivity index (χ2v) is 17.1. The van der Waals surface area contributed by atoms with E-state index in [4.69, 9.17) is 21.1 Å². The van der Waals surface area contributed by atoms with Crippen LogP contribution in [0.3, 0.4) is 0 Å². The smallest absolute Gasteiger partial charge is 0.352 e. The van der Waals surface area contributed by atoms with E-state index in [-0.39, 0.29) is 35.2 Å². The van der Waals surface area contributed by atoms with Crippen LogP contribution < -0.4 is 0 Å². The van der Waals surface area contributed by atoms with Gasteiger partial charge in [-0.15, -0.1) is 11.6 Å². The minimum absolute atomic E-state index is 0.0561. The third-order valence-corrected chi connectivity index (χ3v) is 13.1. The van der Waals surface area contributed by atoms with E-state index in [0.717, 1.165) is 38.5 Å². The van der Waals surface area contributed by atoms with Crippen molar-refractivity contribution in [3.8, 4) is 0 Å². The Bertz CT molecular complexity index is 1200. The molecule has 0 heterocycles. The molecule has 0 aliphatic heterocycles. The van der Waals surface area contributed by atoms with Gasteiger partial charge in [-0.3, -0.25) is 4.79 Å². The van der Waals surface area contributed by atoms with Crippen LogP contribution in [0.4, 0.5) is 0 Å². The first-order chi connectivity index (χ1) is 26.1. The molecule has 0 bridgehead atoms. The molecule has 0 spiro atoms. The van der Waals surface area contributed by atoms with Crippen LogP contribution in [-0.2, 0) is 19.1 Å². The quantitative estimate of drug-likeness (QED) is 0.0300. The Kier molecular flexibility index (Phi) is 21.6. The Morgan fingerprint density at radius 2 is 1.59 bits per heavy atom. The Morgan fingerprint density at radius 1 is 0.926 bits per heavy atom. The molecular formula is C46H75ClO7. The van der Waals surface area contributed by atoms with Gasteiger partial charge in [-0.25, -0.2) is 4.79 Å². The lowest BCUT2D eigenvalue weighted by atomic mass is 9.63. The summed E-state index contributed by atoms with van der Waals surface area (Å²) < 4.78 is 11.8. The van der Waals surface area contributed by atoms with Crippen molar-refractivity contribution in [2.24, 2.45) is 23.2 Å². The molecular weight excluding hydrogens is 700 g/mol. The van der Waals surface area contributed by atoms with Gasteiger partial charge in [-0.2, -0.15) is 0 Å². The van der Waals surface area contributed by atoms with Crippen LogP contribution in [0.2, 0.25) is 0 Å². The van der Waals surface area contributed by atoms with Gasteiger partial charge in [0.25, 0.3) is 0 Å². The number of aliphatic hydroxyl groups excluding tert-OH is 2. The lowest BCUT2D eigenvalue weighted by Gasteiger charge is -2.45. The summed E-state index contributed by atoms with van der Waals surface area (Å²) >= 11 is 6.66. The highest BCUT2D eigenvalue weighted by molar-refractivity contribution is 6.21. The number of carboxylic acid groups (broad SMARTS) is 1. The molecule has 3 aliphatic carbocycles. The first kappa shape index (κ1) is 46.3. The van der Waals surface area contributed by atoms with Gasteiger partial charge in [0.1, 0.15) is 5.76 Å². The van der Waals surface area contributed by atoms with Crippen LogP contribution in [0, 0.1) is 23.2 Å². The zero-order chi connectivity index (χ0) is 39.2. The van der Waals surface area contributed by atoms with Gasteiger partial charge in [-0.1, -0.05) is 129 Å². The number of carboxylic acids is 1. The number of ether oxygens (including phenoxy) is 2. The van der Waals surface area contributed by atoms with Crippen molar-refractivity contribution < 1.29 is 34.4 Å². The second kappa shape index (κ2) is 25.2. The SMILES string of the molecule is CCCCCCCCCCCCCCOC1=C[C@@H](CCC)C(OC(=O)CCCC=CC[C@@H]2[C@@H](C=CC[C@H](O)C3(CC)CCC3)[C@H](O)C[C@H]2Cl)(C(=O)O)C=C1. The van der Waals surface area contributed by atoms with E-state index in [1.807, 2.05) is 25.2 Å². The van der Waals surface area contributed by atoms with Crippen molar-refractivity contribution >= 4 is 23.5 Å². The number of allylic oxidation sites excluding steroid dienone is 3. The largest absolute Gasteiger partial charge is 0.494 e. The lowest BCUT2D eigenvalue weighted by Crippen LogP contribution is -2.48. The number of hydrogen-bond donors (Lipinski definition) is 3. The molecule has 54 heavy (non-hydrogen) atoms. The highest BCUT2D eigenvalue weighted by atomic mass is 35.5. The average molecular weight is 776 g/mol. The molecule has 7 atom stereocenters. The number of hydrogen-bond acceptors (Lipinski definition) is 6. The highest BCUT2D eigenvalue weighted by Crippen LogP contribution is 2.48. The molecule has 0 aromatic heterocycles. The van der Waals surface area contributed by atoms with Crippen LogP contribution in [0.25, 0.3) is 0 Å². The molecule has 0 aromatic rings. The molecule has 2 fully saturated rings. The molecule has 3 N–H and O–H groups in total. The number of esters is 1. The fourth-order valence-corrected chi connectivity index (χ4v) is 9.19. The van der Waals surface area contributed by atoms with Gasteiger partial charge >= 0.3 is 11.9 Å². The first-order valence-electron chi connectivity index (χ1n) is 21.9. The molecule has 0 radical (unpaired) electrons. The summed E-state index contributed by atoms with van der Waals surface area (Å²) in [4.78, 5) is 25.6. The van der Waals surface area contributed by atoms with E-state index in [2.05, 4.69) is 26.0 Å². The molecule has 7 nitrogen and oxygen atoms in total. The molecule has 308 valence electrons. The third-order valence-electron chi connectivity index (χ3n) is 12.6. The summed E-state index contributed by atoms with van der Waals surface area (Å²) in [6.07, 6.45) is 36.5. The Morgan fingerprint density at radius 3 is 2.19 bits per heavy atom. The minimum Gasteiger partial charge on any atom is -0.494 e. The Balaban J connectivity index is 1.37. The maximum Gasteiger partial charge on any atom is 0.352 e. The maximum absolute atomic E-state index is 13.0. The number of halogens is 1. The van der Waals surface area contributed by atoms with Gasteiger partial charge in [-0.05, 0) is 93.8 Å². The zero-order valence-corrected chi connectivity index (χ0v) is 34.8. The fourth-order valence-electron chi connectivity index (χ4n) is 8.74. The molecule has 0 amide bonds. The van der Waals surface area contributed by atoms with Gasteiger partial charge in [0.15, 0.2) is 0 Å². The van der Waals surface area contributed by atoms with Gasteiger partial charge in [0.05, 0.1) is 18.8 Å². The van der Waals surface area contributed by atoms with Gasteiger partial charge in [0, 0.05) is 23.6 Å². The summed E-state index contributed by atoms with van der Waals surface area (Å²) in [7, 11) is 0. The van der Waals surface area contributed by atoms with E-state index >= 15 is 0 Å². The zero-order valence-electron chi connectivity index (χ0n) is 34.0. The van der Waals surface area contributed by atoms with Crippen molar-refractivity contribution in [2.45, 2.75) is 198 Å². The van der Waals surface area contributed by atoms with E-state index < -0.39 is 29.6 Å². The summed E-state index contributed by atoms with van der Waals surface area (Å²) in [5, 5.41) is 31.7. The summed E-state index contributed by atoms with van der Waals surface area (Å²) in [6.45, 7) is 7.00. The van der Waals surface area contributed by atoms with E-state index in [9.17, 15) is 24.9 Å². The van der Waals surface area contributed by atoms with Crippen LogP contribution in [0.5, 0.6) is 0 Å². The predicted octanol–water partition coefficient (Wildman–Crippen LogP) is 11.5. The van der Waals surface area contributed by atoms with Crippen molar-refractivity contribution in [2.75, 3.05) is 6.61 Å². The van der Waals surface area contributed by atoms with E-state index in [1.54, 1.807) is 6.08 Å². The number of aliphatic carboxylic acids is 1. The van der Waals surface area contributed by atoms with Crippen LogP contribution in [-0.4, -0.2) is 57.1 Å². The first-order valence-corrected chi connectivity index (χ1v) is 22.4. The van der Waals surface area contributed by atoms with E-state index in [1.165, 1.54) is 76.7 Å². The molecule has 1 unspecified atom stereocenters. The highest BCUT2D eigenvalue weighted by Gasteiger charge is 2.48. The number of carbonyl (C=O) groups excluding carboxylic acids is 1. The average Bonchev–Trinajstić information content (AvgIpc) is 3.39. The number of alkyl halides is 1. The molecule has 0 saturated heterocycles. The maximum atomic E-state index is 13.0. The van der Waals surface area contributed by atoms with E-state index in [0.29, 0.717) is 50.9 Å². The topological polar surface area (TPSA) is 113 Å². The fraction of sp³-hybridized carbons (Fsp3) is 0.783. The minimum atomic E-state index is -1.74. The van der Waals surface area contributed by atoms with Gasteiger partial charge < -0.3 is 24.8 Å². The molecule has 3 rings (SSSR count). The van der Waals surface area contributed by atoms with Crippen molar-refractivity contribution in [3.63, 3.8) is 0 Å². The van der Waals surface area contributed by atoms with Crippen LogP contribution in [0.15, 0.2) is 48.3 Å². The number of rotatable bonds is 29. The standard InChI is InChI=1S/C46H75ClO7/c1-4-7-8-9-10-11-12-13-14-15-18-21-33-53-37-29-32-46(44(51)52,36(34-37)24-5-2)54-43(50)28-20-17-16-19-25-38-39(41(48)35-40(38)47)26-22-27-42(49)45(6-3)30-23-31-45/h16,19,22,26,29,32,34,36,38-42,48-49H,4-15,17-18,20-21,23-25,27-28,30-31,33,35H2,1-3H3,(H,51,52)/t36-,38-,39-,40-,41-,42+,46?/m1/s1. The van der Waals surface area contributed by atoms with Crippen molar-refractivity contribution in [3.05, 3.63) is 48.3 Å². The Hall–Kier alpha value is -2.09. The van der Waals surface area contributed by atoms with Crippen LogP contribution in [0.1, 0.15) is 175 Å². The second-order valence-electron chi connectivity index (χ2n) is 16.5. The number of carbonyl (C=O) groups is 2. The summed E-state index contributed by atoms with van der Waals surface area (Å²) in [6, 6.07) is 0. The summed E-state index contributed by atoms with van der Waals surface area (Å²) in [5.74, 6) is -1.51. The molecule has 3 aliphatic rings. The number of unbranched alkanes of at least 4 members (excludes halogenated alkanes) is 12. The van der Waals surface area contributed by atoms with Crippen molar-refractivity contribution in [1.82, 2.24) is 0 Å². The molecule has 2 saturated carbocycles. The Labute approximate surface area is 333 Å². The van der Waals surface area contributed by atoms with Crippen LogP contribution >= 0.6 is 11.6 Å². The molecule has 8 heteroatoms. The molecule has 0 aromatic carbocycles. The van der Waals surface area contributed by atoms with Crippen molar-refractivity contribution in [1.29, 1.82) is 0 Å². The normalized spacial score (nSPS) is 26.9. The monoisotopic (exact) mass is 775 g/mol. The summed E-state index contributed by atoms with van der Waals surface area (Å²) in [5.41, 5.74) is -1.68. The third kappa shape index (κ3) is 14.4. The number of aliphatic hydroxyl groups is 2. The lowest BCUT2D eigenvalue weighted by molar-refractivity contribution is -0.177. The predicted molar refractivity (Wildman–Crippen MR) is 220 cm³/mol. The van der Waals surface area contributed by atoms with Gasteiger partial charge in [0.2, 0.25) is 5.60 Å².